The number of hydrogen-bond donors (Lipinski definition) is 1. The predicted octanol–water partition coefficient (Wildman–Crippen LogP) is 2.43. The van der Waals surface area contributed by atoms with E-state index in [0.717, 1.165) is 36.6 Å². The highest BCUT2D eigenvalue weighted by Crippen LogP contribution is 2.26. The van der Waals surface area contributed by atoms with Gasteiger partial charge in [-0.05, 0) is 26.1 Å². The molecule has 0 bridgehead atoms. The quantitative estimate of drug-likeness (QED) is 0.878. The second-order valence-electron chi connectivity index (χ2n) is 4.98. The topological polar surface area (TPSA) is 60.0 Å². The van der Waals surface area contributed by atoms with Crippen LogP contribution in [0.2, 0.25) is 0 Å². The molecule has 1 atom stereocenters. The van der Waals surface area contributed by atoms with Crippen LogP contribution in [0, 0.1) is 0 Å². The second-order valence-corrected chi connectivity index (χ2v) is 4.98. The summed E-state index contributed by atoms with van der Waals surface area (Å²) in [6.07, 6.45) is 7.23. The number of nitrogen functional groups attached to an aromatic ring is 1. The summed E-state index contributed by atoms with van der Waals surface area (Å²) in [6, 6.07) is 2.16. The molecular weight excluding hydrogens is 250 g/mol. The maximum atomic E-state index is 6.04. The summed E-state index contributed by atoms with van der Waals surface area (Å²) in [5.41, 5.74) is 8.74. The molecule has 2 N–H and O–H groups in total. The van der Waals surface area contributed by atoms with E-state index in [1.807, 2.05) is 18.6 Å². The summed E-state index contributed by atoms with van der Waals surface area (Å²) in [5.74, 6) is 0. The first-order valence-electron chi connectivity index (χ1n) is 7.11. The van der Waals surface area contributed by atoms with Crippen LogP contribution in [-0.4, -0.2) is 39.1 Å². The summed E-state index contributed by atoms with van der Waals surface area (Å²) in [5, 5.41) is 0. The zero-order valence-electron chi connectivity index (χ0n) is 12.5. The predicted molar refractivity (Wildman–Crippen MR) is 82.4 cm³/mol. The minimum Gasteiger partial charge on any atom is -0.398 e. The summed E-state index contributed by atoms with van der Waals surface area (Å²) in [7, 11) is 0. The maximum Gasteiger partial charge on any atom is 0.0953 e. The Hall–Kier alpha value is -1.88. The normalized spacial score (nSPS) is 12.8. The number of hydrogen-bond acceptors (Lipinski definition) is 4. The number of likely N-dealkylation sites (N-methyl/N-ethyl adjacent to an activating group) is 1. The monoisotopic (exact) mass is 273 g/mol. The zero-order valence-corrected chi connectivity index (χ0v) is 12.5. The molecule has 2 aromatic rings. The highest BCUT2D eigenvalue weighted by Gasteiger charge is 2.15. The lowest BCUT2D eigenvalue weighted by Crippen LogP contribution is -2.29. The molecule has 0 aliphatic heterocycles. The van der Waals surface area contributed by atoms with Crippen molar-refractivity contribution in [1.82, 2.24) is 19.4 Å². The number of aromatic nitrogens is 3. The Labute approximate surface area is 120 Å². The third-order valence-electron chi connectivity index (χ3n) is 3.69. The van der Waals surface area contributed by atoms with Gasteiger partial charge in [0.05, 0.1) is 18.2 Å². The van der Waals surface area contributed by atoms with Crippen LogP contribution in [0.4, 0.5) is 5.69 Å². The molecule has 0 fully saturated rings. The smallest absolute Gasteiger partial charge is 0.0953 e. The van der Waals surface area contributed by atoms with Gasteiger partial charge in [-0.2, -0.15) is 0 Å². The molecule has 5 heteroatoms. The molecule has 0 spiro atoms. The molecule has 108 valence electrons. The van der Waals surface area contributed by atoms with E-state index in [0.29, 0.717) is 6.04 Å². The summed E-state index contributed by atoms with van der Waals surface area (Å²) in [6.45, 7) is 9.68. The van der Waals surface area contributed by atoms with Crippen LogP contribution in [0.1, 0.15) is 26.8 Å². The molecule has 0 aliphatic carbocycles. The van der Waals surface area contributed by atoms with E-state index >= 15 is 0 Å². The number of imidazole rings is 1. The first-order chi connectivity index (χ1) is 9.67. The van der Waals surface area contributed by atoms with E-state index in [1.54, 1.807) is 12.4 Å². The van der Waals surface area contributed by atoms with Crippen molar-refractivity contribution in [1.29, 1.82) is 0 Å². The van der Waals surface area contributed by atoms with Gasteiger partial charge in [0.2, 0.25) is 0 Å². The van der Waals surface area contributed by atoms with Crippen molar-refractivity contribution in [3.05, 3.63) is 31.0 Å². The summed E-state index contributed by atoms with van der Waals surface area (Å²) in [4.78, 5) is 10.8. The van der Waals surface area contributed by atoms with Gasteiger partial charge in [-0.3, -0.25) is 4.98 Å². The molecule has 2 aromatic heterocycles. The molecule has 0 saturated carbocycles. The van der Waals surface area contributed by atoms with Gasteiger partial charge in [0.1, 0.15) is 0 Å². The van der Waals surface area contributed by atoms with Crippen molar-refractivity contribution in [3.8, 4) is 11.3 Å². The van der Waals surface area contributed by atoms with Gasteiger partial charge >= 0.3 is 0 Å². The van der Waals surface area contributed by atoms with Gasteiger partial charge in [-0.25, -0.2) is 4.98 Å². The van der Waals surface area contributed by atoms with Crippen LogP contribution in [0.25, 0.3) is 11.3 Å². The molecule has 5 nitrogen and oxygen atoms in total. The zero-order chi connectivity index (χ0) is 14.5. The van der Waals surface area contributed by atoms with E-state index in [4.69, 9.17) is 5.73 Å². The molecule has 0 aliphatic rings. The van der Waals surface area contributed by atoms with Crippen LogP contribution < -0.4 is 5.73 Å². The number of anilines is 1. The SMILES string of the molecule is CCN(CC)CC(C)n1cncc1-c1cnccc1N. The van der Waals surface area contributed by atoms with Crippen molar-refractivity contribution in [2.45, 2.75) is 26.8 Å². The molecule has 20 heavy (non-hydrogen) atoms. The Balaban J connectivity index is 2.27. The van der Waals surface area contributed by atoms with E-state index in [-0.39, 0.29) is 0 Å². The fourth-order valence-electron chi connectivity index (χ4n) is 2.43. The molecule has 2 rings (SSSR count). The van der Waals surface area contributed by atoms with Crippen LogP contribution >= 0.6 is 0 Å². The van der Waals surface area contributed by atoms with Crippen LogP contribution in [0.5, 0.6) is 0 Å². The van der Waals surface area contributed by atoms with E-state index in [1.165, 1.54) is 0 Å². The van der Waals surface area contributed by atoms with Gasteiger partial charge in [0.15, 0.2) is 0 Å². The fourth-order valence-corrected chi connectivity index (χ4v) is 2.43. The average Bonchev–Trinajstić information content (AvgIpc) is 2.94. The fraction of sp³-hybridized carbons (Fsp3) is 0.467. The van der Waals surface area contributed by atoms with Gasteiger partial charge in [-0.15, -0.1) is 0 Å². The Morgan fingerprint density at radius 1 is 1.25 bits per heavy atom. The van der Waals surface area contributed by atoms with Crippen molar-refractivity contribution < 1.29 is 0 Å². The first kappa shape index (κ1) is 14.5. The lowest BCUT2D eigenvalue weighted by Gasteiger charge is -2.25. The van der Waals surface area contributed by atoms with Crippen molar-refractivity contribution in [2.75, 3.05) is 25.4 Å². The maximum absolute atomic E-state index is 6.04. The first-order valence-corrected chi connectivity index (χ1v) is 7.11. The summed E-state index contributed by atoms with van der Waals surface area (Å²) < 4.78 is 2.17. The highest BCUT2D eigenvalue weighted by molar-refractivity contribution is 5.72. The average molecular weight is 273 g/mol. The van der Waals surface area contributed by atoms with Crippen LogP contribution in [0.3, 0.4) is 0 Å². The Morgan fingerprint density at radius 3 is 2.65 bits per heavy atom. The van der Waals surface area contributed by atoms with Crippen molar-refractivity contribution >= 4 is 5.69 Å². The van der Waals surface area contributed by atoms with Gasteiger partial charge in [0, 0.05) is 36.2 Å². The number of nitrogens with zero attached hydrogens (tertiary/aromatic N) is 4. The van der Waals surface area contributed by atoms with Gasteiger partial charge in [-0.1, -0.05) is 13.8 Å². The molecular formula is C15H23N5. The summed E-state index contributed by atoms with van der Waals surface area (Å²) >= 11 is 0. The molecule has 0 saturated heterocycles. The number of pyridine rings is 1. The standard InChI is InChI=1S/C15H23N5/c1-4-19(5-2)10-12(3)20-11-18-9-15(20)13-8-17-7-6-14(13)16/h6-9,11-12H,4-5,10H2,1-3H3,(H2,16,17). The lowest BCUT2D eigenvalue weighted by molar-refractivity contribution is 0.262. The van der Waals surface area contributed by atoms with E-state index in [2.05, 4.69) is 40.2 Å². The minimum absolute atomic E-state index is 0.340. The molecule has 0 amide bonds. The second kappa shape index (κ2) is 6.52. The largest absolute Gasteiger partial charge is 0.398 e. The molecule has 2 heterocycles. The third kappa shape index (κ3) is 2.99. The van der Waals surface area contributed by atoms with Crippen LogP contribution in [-0.2, 0) is 0 Å². The lowest BCUT2D eigenvalue weighted by atomic mass is 10.1. The molecule has 0 aromatic carbocycles. The third-order valence-corrected chi connectivity index (χ3v) is 3.69. The van der Waals surface area contributed by atoms with Gasteiger partial charge in [0.25, 0.3) is 0 Å². The van der Waals surface area contributed by atoms with Gasteiger partial charge < -0.3 is 15.2 Å². The van der Waals surface area contributed by atoms with E-state index < -0.39 is 0 Å². The Morgan fingerprint density at radius 2 is 2.00 bits per heavy atom. The van der Waals surface area contributed by atoms with Crippen molar-refractivity contribution in [3.63, 3.8) is 0 Å². The minimum atomic E-state index is 0.340. The Kier molecular flexibility index (Phi) is 4.74. The van der Waals surface area contributed by atoms with Crippen LogP contribution in [0.15, 0.2) is 31.0 Å². The Bertz CT molecular complexity index is 545. The molecule has 1 unspecified atom stereocenters. The van der Waals surface area contributed by atoms with E-state index in [9.17, 15) is 0 Å². The number of nitrogens with two attached hydrogens (primary N) is 1. The number of rotatable bonds is 6. The highest BCUT2D eigenvalue weighted by atomic mass is 15.2. The van der Waals surface area contributed by atoms with Crippen molar-refractivity contribution in [2.24, 2.45) is 0 Å². The molecule has 0 radical (unpaired) electrons.